The summed E-state index contributed by atoms with van der Waals surface area (Å²) in [5, 5.41) is 5.62. The Labute approximate surface area is 136 Å². The minimum atomic E-state index is 0.204. The molecule has 0 bridgehead atoms. The average Bonchev–Trinajstić information content (AvgIpc) is 2.90. The Balaban J connectivity index is 2.03. The van der Waals surface area contributed by atoms with Gasteiger partial charge < -0.3 is 15.0 Å². The van der Waals surface area contributed by atoms with Gasteiger partial charge in [-0.25, -0.2) is 0 Å². The Morgan fingerprint density at radius 3 is 2.91 bits per heavy atom. The smallest absolute Gasteiger partial charge is 0.0924 e. The van der Waals surface area contributed by atoms with Crippen molar-refractivity contribution in [2.45, 2.75) is 26.3 Å². The van der Waals surface area contributed by atoms with Gasteiger partial charge in [0.1, 0.15) is 0 Å². The summed E-state index contributed by atoms with van der Waals surface area (Å²) >= 11 is 6.16. The summed E-state index contributed by atoms with van der Waals surface area (Å²) in [7, 11) is 1.69. The second-order valence-electron chi connectivity index (χ2n) is 5.74. The maximum absolute atomic E-state index is 6.16. The first kappa shape index (κ1) is 15.2. The van der Waals surface area contributed by atoms with Gasteiger partial charge in [-0.05, 0) is 50.1 Å². The summed E-state index contributed by atoms with van der Waals surface area (Å²) in [5.74, 6) is 0.902. The van der Waals surface area contributed by atoms with Crippen molar-refractivity contribution in [3.05, 3.63) is 58.0 Å². The maximum atomic E-state index is 6.16. The van der Waals surface area contributed by atoms with E-state index in [1.54, 1.807) is 7.11 Å². The molecule has 1 aliphatic heterocycles. The first-order valence-corrected chi connectivity index (χ1v) is 7.90. The van der Waals surface area contributed by atoms with E-state index in [9.17, 15) is 0 Å². The topological polar surface area (TPSA) is 37.0 Å². The zero-order valence-electron chi connectivity index (χ0n) is 13.2. The molecule has 1 unspecified atom stereocenters. The Morgan fingerprint density at radius 2 is 2.14 bits per heavy atom. The van der Waals surface area contributed by atoms with E-state index in [1.807, 2.05) is 19.1 Å². The molecule has 22 heavy (non-hydrogen) atoms. The van der Waals surface area contributed by atoms with Crippen LogP contribution in [-0.2, 0) is 11.2 Å². The van der Waals surface area contributed by atoms with Crippen molar-refractivity contribution in [3.8, 4) is 0 Å². The Bertz CT molecular complexity index is 758. The van der Waals surface area contributed by atoms with Gasteiger partial charge in [0.2, 0.25) is 0 Å². The lowest BCUT2D eigenvalue weighted by molar-refractivity contribution is 0.293. The Kier molecular flexibility index (Phi) is 4.27. The van der Waals surface area contributed by atoms with Gasteiger partial charge in [0, 0.05) is 28.2 Å². The lowest BCUT2D eigenvalue weighted by Crippen LogP contribution is -2.30. The minimum Gasteiger partial charge on any atom is -0.501 e. The largest absolute Gasteiger partial charge is 0.501 e. The van der Waals surface area contributed by atoms with Crippen LogP contribution in [0.1, 0.15) is 31.1 Å². The van der Waals surface area contributed by atoms with Crippen LogP contribution in [0.25, 0.3) is 10.9 Å². The molecule has 0 saturated carbocycles. The fraction of sp³-hybridized carbons (Fsp3) is 0.333. The highest BCUT2D eigenvalue weighted by Crippen LogP contribution is 2.34. The molecule has 0 aliphatic carbocycles. The lowest BCUT2D eigenvalue weighted by Gasteiger charge is -2.25. The van der Waals surface area contributed by atoms with Crippen LogP contribution >= 0.6 is 11.6 Å². The fourth-order valence-electron chi connectivity index (χ4n) is 3.00. The van der Waals surface area contributed by atoms with E-state index in [4.69, 9.17) is 16.3 Å². The number of H-pyrrole nitrogens is 1. The van der Waals surface area contributed by atoms with Crippen LogP contribution in [0.5, 0.6) is 0 Å². The Morgan fingerprint density at radius 1 is 1.32 bits per heavy atom. The zero-order chi connectivity index (χ0) is 15.7. The predicted octanol–water partition coefficient (Wildman–Crippen LogP) is 4.50. The molecule has 2 N–H and O–H groups in total. The van der Waals surface area contributed by atoms with E-state index in [0.29, 0.717) is 0 Å². The van der Waals surface area contributed by atoms with Gasteiger partial charge in [-0.1, -0.05) is 23.3 Å². The number of aromatic nitrogens is 1. The van der Waals surface area contributed by atoms with Crippen LogP contribution in [0.3, 0.4) is 0 Å². The monoisotopic (exact) mass is 316 g/mol. The van der Waals surface area contributed by atoms with Gasteiger partial charge in [-0.15, -0.1) is 0 Å². The third kappa shape index (κ3) is 2.79. The van der Waals surface area contributed by atoms with Crippen LogP contribution in [0.2, 0.25) is 5.02 Å². The molecule has 1 atom stereocenters. The third-order valence-electron chi connectivity index (χ3n) is 4.27. The molecule has 1 aliphatic rings. The van der Waals surface area contributed by atoms with Crippen LogP contribution in [0, 0.1) is 0 Å². The van der Waals surface area contributed by atoms with E-state index in [1.165, 1.54) is 22.2 Å². The maximum Gasteiger partial charge on any atom is 0.0924 e. The number of allylic oxidation sites excluding steroid dienone is 3. The number of hydrogen-bond donors (Lipinski definition) is 2. The molecule has 0 saturated heterocycles. The first-order valence-electron chi connectivity index (χ1n) is 7.52. The number of hydrogen-bond acceptors (Lipinski definition) is 2. The number of nitrogens with one attached hydrogen (secondary N) is 2. The summed E-state index contributed by atoms with van der Waals surface area (Å²) in [5.41, 5.74) is 5.04. The van der Waals surface area contributed by atoms with Gasteiger partial charge in [0.25, 0.3) is 0 Å². The number of aromatic amines is 1. The zero-order valence-corrected chi connectivity index (χ0v) is 13.9. The van der Waals surface area contributed by atoms with E-state index >= 15 is 0 Å². The number of fused-ring (bicyclic) bond motifs is 3. The second kappa shape index (κ2) is 6.19. The van der Waals surface area contributed by atoms with Gasteiger partial charge in [-0.2, -0.15) is 0 Å². The molecule has 3 nitrogen and oxygen atoms in total. The van der Waals surface area contributed by atoms with E-state index < -0.39 is 0 Å². The fourth-order valence-corrected chi connectivity index (χ4v) is 3.17. The molecule has 3 rings (SSSR count). The molecule has 0 fully saturated rings. The summed E-state index contributed by atoms with van der Waals surface area (Å²) in [4.78, 5) is 3.56. The van der Waals surface area contributed by atoms with Crippen molar-refractivity contribution < 1.29 is 4.74 Å². The number of methoxy groups -OCH3 is 1. The number of rotatable bonds is 3. The highest BCUT2D eigenvalue weighted by Gasteiger charge is 2.24. The first-order chi connectivity index (χ1) is 10.6. The molecule has 1 aromatic carbocycles. The summed E-state index contributed by atoms with van der Waals surface area (Å²) in [6.45, 7) is 5.06. The molecule has 0 spiro atoms. The average molecular weight is 317 g/mol. The molecule has 0 amide bonds. The van der Waals surface area contributed by atoms with E-state index in [0.717, 1.165) is 29.3 Å². The van der Waals surface area contributed by atoms with E-state index in [-0.39, 0.29) is 6.04 Å². The third-order valence-corrected chi connectivity index (χ3v) is 4.51. The van der Waals surface area contributed by atoms with Gasteiger partial charge >= 0.3 is 0 Å². The molecule has 2 aromatic rings. The second-order valence-corrected chi connectivity index (χ2v) is 6.17. The van der Waals surface area contributed by atoms with Crippen LogP contribution in [-0.4, -0.2) is 18.6 Å². The van der Waals surface area contributed by atoms with Crippen molar-refractivity contribution >= 4 is 22.5 Å². The molecule has 116 valence electrons. The number of ether oxygens (including phenoxy) is 1. The molecule has 2 heterocycles. The quantitative estimate of drug-likeness (QED) is 0.646. The highest BCUT2D eigenvalue weighted by atomic mass is 35.5. The van der Waals surface area contributed by atoms with Crippen LogP contribution in [0.4, 0.5) is 0 Å². The van der Waals surface area contributed by atoms with Gasteiger partial charge in [-0.3, -0.25) is 0 Å². The summed E-state index contributed by atoms with van der Waals surface area (Å²) in [6, 6.07) is 6.25. The number of benzene rings is 1. The molecular formula is C18H21ClN2O. The molecular weight excluding hydrogens is 296 g/mol. The van der Waals surface area contributed by atoms with Gasteiger partial charge in [0.05, 0.1) is 18.9 Å². The van der Waals surface area contributed by atoms with Crippen molar-refractivity contribution in [2.75, 3.05) is 13.7 Å². The standard InChI is InChI=1S/C18H21ClN2O/c1-11(4-5-12(2)22-3)17-18-14(8-9-20-17)15-10-13(19)6-7-16(15)21-18/h4-7,10,17,20-21H,8-9H2,1-3H3/b11-4+,12-5+. The molecule has 0 radical (unpaired) electrons. The number of halogens is 1. The van der Waals surface area contributed by atoms with Crippen molar-refractivity contribution in [1.82, 2.24) is 10.3 Å². The van der Waals surface area contributed by atoms with Gasteiger partial charge in [0.15, 0.2) is 0 Å². The van der Waals surface area contributed by atoms with Crippen LogP contribution in [0.15, 0.2) is 41.7 Å². The SMILES string of the molecule is CO/C(C)=C/C=C(\C)C1NCCc2c1[nH]c1ccc(Cl)cc21. The Hall–Kier alpha value is -1.71. The van der Waals surface area contributed by atoms with Crippen LogP contribution < -0.4 is 5.32 Å². The lowest BCUT2D eigenvalue weighted by atomic mass is 9.95. The van der Waals surface area contributed by atoms with Crippen molar-refractivity contribution in [1.29, 1.82) is 0 Å². The molecule has 1 aromatic heterocycles. The molecule has 4 heteroatoms. The predicted molar refractivity (Wildman–Crippen MR) is 92.3 cm³/mol. The minimum absolute atomic E-state index is 0.204. The summed E-state index contributed by atoms with van der Waals surface area (Å²) < 4.78 is 5.19. The van der Waals surface area contributed by atoms with Crippen molar-refractivity contribution in [3.63, 3.8) is 0 Å². The summed E-state index contributed by atoms with van der Waals surface area (Å²) in [6.07, 6.45) is 5.14. The normalized spacial score (nSPS) is 19.4. The van der Waals surface area contributed by atoms with E-state index in [2.05, 4.69) is 35.4 Å². The highest BCUT2D eigenvalue weighted by molar-refractivity contribution is 6.31. The van der Waals surface area contributed by atoms with Crippen molar-refractivity contribution in [2.24, 2.45) is 0 Å².